The van der Waals surface area contributed by atoms with E-state index in [1.807, 2.05) is 0 Å². The molecular weight excluding hydrogens is 261 g/mol. The largest absolute Gasteiger partial charge is 0.480 e. The Hall–Kier alpha value is -2.76. The molecule has 2 aromatic heterocycles. The highest BCUT2D eigenvalue weighted by Gasteiger charge is 2.14. The van der Waals surface area contributed by atoms with Crippen molar-refractivity contribution >= 4 is 0 Å². The number of ether oxygens (including phenoxy) is 1. The topological polar surface area (TPSA) is 61.0 Å². The van der Waals surface area contributed by atoms with Crippen LogP contribution in [0, 0.1) is 5.82 Å². The monoisotopic (exact) mass is 271 g/mol. The molecule has 2 heterocycles. The van der Waals surface area contributed by atoms with Crippen LogP contribution in [0.2, 0.25) is 0 Å². The molecule has 100 valence electrons. The molecule has 0 N–H and O–H groups in total. The van der Waals surface area contributed by atoms with Gasteiger partial charge in [0.1, 0.15) is 11.4 Å². The predicted octanol–water partition coefficient (Wildman–Crippen LogP) is 2.95. The summed E-state index contributed by atoms with van der Waals surface area (Å²) < 4.78 is 23.6. The second-order valence-corrected chi connectivity index (χ2v) is 3.98. The molecule has 20 heavy (non-hydrogen) atoms. The van der Waals surface area contributed by atoms with Gasteiger partial charge in [0.25, 0.3) is 5.89 Å². The maximum absolute atomic E-state index is 12.9. The van der Waals surface area contributed by atoms with Crippen LogP contribution in [0.4, 0.5) is 4.39 Å². The van der Waals surface area contributed by atoms with Gasteiger partial charge in [0, 0.05) is 11.8 Å². The molecule has 5 nitrogen and oxygen atoms in total. The number of halogens is 1. The summed E-state index contributed by atoms with van der Waals surface area (Å²) in [6.45, 7) is 0. The third kappa shape index (κ3) is 2.23. The fourth-order valence-electron chi connectivity index (χ4n) is 1.76. The van der Waals surface area contributed by atoms with Crippen molar-refractivity contribution in [3.63, 3.8) is 0 Å². The molecule has 0 bridgehead atoms. The van der Waals surface area contributed by atoms with E-state index in [-0.39, 0.29) is 5.82 Å². The summed E-state index contributed by atoms with van der Waals surface area (Å²) in [4.78, 5) is 4.07. The van der Waals surface area contributed by atoms with Gasteiger partial charge in [-0.05, 0) is 36.4 Å². The predicted molar refractivity (Wildman–Crippen MR) is 69.5 cm³/mol. The molecule has 0 fully saturated rings. The van der Waals surface area contributed by atoms with Crippen LogP contribution in [0.15, 0.2) is 47.0 Å². The number of methoxy groups -OCH3 is 1. The molecule has 0 aliphatic heterocycles. The minimum Gasteiger partial charge on any atom is -0.480 e. The van der Waals surface area contributed by atoms with Crippen LogP contribution in [0.3, 0.4) is 0 Å². The number of benzene rings is 1. The van der Waals surface area contributed by atoms with Gasteiger partial charge in [0.15, 0.2) is 0 Å². The Bertz CT molecular complexity index is 725. The van der Waals surface area contributed by atoms with Crippen molar-refractivity contribution < 1.29 is 13.5 Å². The van der Waals surface area contributed by atoms with Gasteiger partial charge >= 0.3 is 0 Å². The first-order chi connectivity index (χ1) is 9.78. The SMILES string of the molecule is COc1ncccc1-c1nnc(-c2ccc(F)cc2)o1. The highest BCUT2D eigenvalue weighted by molar-refractivity contribution is 5.61. The zero-order valence-electron chi connectivity index (χ0n) is 10.6. The first-order valence-corrected chi connectivity index (χ1v) is 5.87. The molecule has 0 spiro atoms. The second-order valence-electron chi connectivity index (χ2n) is 3.98. The van der Waals surface area contributed by atoms with E-state index in [0.717, 1.165) is 0 Å². The maximum atomic E-state index is 12.9. The molecule has 1 aromatic carbocycles. The molecule has 0 saturated heterocycles. The molecule has 3 aromatic rings. The van der Waals surface area contributed by atoms with E-state index in [4.69, 9.17) is 9.15 Å². The van der Waals surface area contributed by atoms with Crippen LogP contribution in [-0.4, -0.2) is 22.3 Å². The minimum absolute atomic E-state index is 0.300. The number of pyridine rings is 1. The zero-order chi connectivity index (χ0) is 13.9. The van der Waals surface area contributed by atoms with Crippen molar-refractivity contribution in [2.75, 3.05) is 7.11 Å². The maximum Gasteiger partial charge on any atom is 0.253 e. The van der Waals surface area contributed by atoms with E-state index in [9.17, 15) is 4.39 Å². The van der Waals surface area contributed by atoms with Crippen molar-refractivity contribution in [3.05, 3.63) is 48.4 Å². The summed E-state index contributed by atoms with van der Waals surface area (Å²) in [7, 11) is 1.52. The van der Waals surface area contributed by atoms with Crippen molar-refractivity contribution in [2.45, 2.75) is 0 Å². The quantitative estimate of drug-likeness (QED) is 0.733. The number of nitrogens with zero attached hydrogens (tertiary/aromatic N) is 3. The van der Waals surface area contributed by atoms with E-state index < -0.39 is 0 Å². The normalized spacial score (nSPS) is 10.5. The molecule has 0 atom stereocenters. The van der Waals surface area contributed by atoms with Gasteiger partial charge < -0.3 is 9.15 Å². The molecule has 0 unspecified atom stereocenters. The Morgan fingerprint density at radius 3 is 2.55 bits per heavy atom. The molecule has 0 radical (unpaired) electrons. The lowest BCUT2D eigenvalue weighted by atomic mass is 10.2. The Morgan fingerprint density at radius 1 is 1.05 bits per heavy atom. The highest BCUT2D eigenvalue weighted by Crippen LogP contribution is 2.28. The fourth-order valence-corrected chi connectivity index (χ4v) is 1.76. The van der Waals surface area contributed by atoms with Crippen LogP contribution in [0.25, 0.3) is 22.9 Å². The third-order valence-electron chi connectivity index (χ3n) is 2.71. The highest BCUT2D eigenvalue weighted by atomic mass is 19.1. The van der Waals surface area contributed by atoms with Gasteiger partial charge in [0.05, 0.1) is 7.11 Å². The van der Waals surface area contributed by atoms with Crippen LogP contribution < -0.4 is 4.74 Å². The number of rotatable bonds is 3. The van der Waals surface area contributed by atoms with Crippen molar-refractivity contribution in [1.82, 2.24) is 15.2 Å². The fraction of sp³-hybridized carbons (Fsp3) is 0.0714. The number of hydrogen-bond donors (Lipinski definition) is 0. The van der Waals surface area contributed by atoms with Gasteiger partial charge in [-0.1, -0.05) is 0 Å². The zero-order valence-corrected chi connectivity index (χ0v) is 10.6. The van der Waals surface area contributed by atoms with Gasteiger partial charge in [-0.3, -0.25) is 0 Å². The molecule has 6 heteroatoms. The van der Waals surface area contributed by atoms with Crippen molar-refractivity contribution in [1.29, 1.82) is 0 Å². The Labute approximate surface area is 114 Å². The van der Waals surface area contributed by atoms with Crippen molar-refractivity contribution in [2.24, 2.45) is 0 Å². The first-order valence-electron chi connectivity index (χ1n) is 5.87. The lowest BCUT2D eigenvalue weighted by molar-refractivity contribution is 0.397. The van der Waals surface area contributed by atoms with Crippen LogP contribution in [0.1, 0.15) is 0 Å². The molecular formula is C14H10FN3O2. The van der Waals surface area contributed by atoms with Gasteiger partial charge in [-0.15, -0.1) is 10.2 Å². The van der Waals surface area contributed by atoms with Gasteiger partial charge in [-0.2, -0.15) is 0 Å². The van der Waals surface area contributed by atoms with E-state index in [1.165, 1.54) is 19.2 Å². The second kappa shape index (κ2) is 5.08. The molecule has 0 aliphatic rings. The van der Waals surface area contributed by atoms with E-state index in [2.05, 4.69) is 15.2 Å². The molecule has 0 saturated carbocycles. The lowest BCUT2D eigenvalue weighted by Gasteiger charge is -2.01. The van der Waals surface area contributed by atoms with Crippen LogP contribution in [0.5, 0.6) is 5.88 Å². The summed E-state index contributed by atoms with van der Waals surface area (Å²) in [6, 6.07) is 9.35. The lowest BCUT2D eigenvalue weighted by Crippen LogP contribution is -1.90. The summed E-state index contributed by atoms with van der Waals surface area (Å²) in [5.41, 5.74) is 1.25. The summed E-state index contributed by atoms with van der Waals surface area (Å²) >= 11 is 0. The smallest absolute Gasteiger partial charge is 0.253 e. The first kappa shape index (κ1) is 12.3. The van der Waals surface area contributed by atoms with E-state index in [1.54, 1.807) is 30.5 Å². The molecule has 3 rings (SSSR count). The summed E-state index contributed by atoms with van der Waals surface area (Å²) in [5.74, 6) is 0.699. The van der Waals surface area contributed by atoms with E-state index in [0.29, 0.717) is 28.8 Å². The number of hydrogen-bond acceptors (Lipinski definition) is 5. The molecule has 0 amide bonds. The average molecular weight is 271 g/mol. The van der Waals surface area contributed by atoms with Gasteiger partial charge in [-0.25, -0.2) is 9.37 Å². The Morgan fingerprint density at radius 2 is 1.80 bits per heavy atom. The van der Waals surface area contributed by atoms with Crippen molar-refractivity contribution in [3.8, 4) is 28.8 Å². The minimum atomic E-state index is -0.317. The molecule has 0 aliphatic carbocycles. The van der Waals surface area contributed by atoms with Crippen LogP contribution >= 0.6 is 0 Å². The summed E-state index contributed by atoms with van der Waals surface area (Å²) in [5, 5.41) is 7.91. The average Bonchev–Trinajstić information content (AvgIpc) is 2.97. The Kier molecular flexibility index (Phi) is 3.12. The standard InChI is InChI=1S/C14H10FN3O2/c1-19-13-11(3-2-8-16-13)14-18-17-12(20-14)9-4-6-10(15)7-5-9/h2-8H,1H3. The van der Waals surface area contributed by atoms with E-state index >= 15 is 0 Å². The summed E-state index contributed by atoms with van der Waals surface area (Å²) in [6.07, 6.45) is 1.61. The third-order valence-corrected chi connectivity index (χ3v) is 2.71. The number of aromatic nitrogens is 3. The van der Waals surface area contributed by atoms with Crippen LogP contribution in [-0.2, 0) is 0 Å². The Balaban J connectivity index is 2.00. The van der Waals surface area contributed by atoms with Gasteiger partial charge in [0.2, 0.25) is 11.8 Å².